The molecule has 2 nitrogen and oxygen atoms in total. The summed E-state index contributed by atoms with van der Waals surface area (Å²) in [5, 5.41) is 0. The lowest BCUT2D eigenvalue weighted by Gasteiger charge is -2.25. The number of carbonyl (C=O) groups excluding carboxylic acids is 2. The van der Waals surface area contributed by atoms with Gasteiger partial charge in [0.15, 0.2) is 5.78 Å². The van der Waals surface area contributed by atoms with Gasteiger partial charge in [-0.05, 0) is 30.9 Å². The highest BCUT2D eigenvalue weighted by molar-refractivity contribution is 6.16. The number of Topliss-reactive ketones (excluding diaryl/α,β-unsaturated/α-hetero) is 2. The highest BCUT2D eigenvalue weighted by Crippen LogP contribution is 2.45. The van der Waals surface area contributed by atoms with Crippen molar-refractivity contribution in [2.24, 2.45) is 5.41 Å². The summed E-state index contributed by atoms with van der Waals surface area (Å²) < 4.78 is 0. The fraction of sp³-hybridized carbons (Fsp3) is 0.333. The van der Waals surface area contributed by atoms with Crippen LogP contribution >= 0.6 is 0 Å². The molecule has 2 atom stereocenters. The van der Waals surface area contributed by atoms with Crippen LogP contribution in [0.25, 0.3) is 0 Å². The number of benzene rings is 2. The lowest BCUT2D eigenvalue weighted by molar-refractivity contribution is -0.135. The largest absolute Gasteiger partial charge is 0.299 e. The maximum Gasteiger partial charge on any atom is 0.154 e. The quantitative estimate of drug-likeness (QED) is 0.791. The zero-order chi connectivity index (χ0) is 16.4. The van der Waals surface area contributed by atoms with Crippen LogP contribution in [0.5, 0.6) is 0 Å². The molecule has 118 valence electrons. The van der Waals surface area contributed by atoms with E-state index >= 15 is 0 Å². The second-order valence-corrected chi connectivity index (χ2v) is 6.55. The Hall–Kier alpha value is -2.22. The number of hydrogen-bond donors (Lipinski definition) is 0. The Morgan fingerprint density at radius 2 is 1.65 bits per heavy atom. The van der Waals surface area contributed by atoms with Crippen molar-refractivity contribution in [2.45, 2.75) is 39.0 Å². The molecule has 0 amide bonds. The predicted molar refractivity (Wildman–Crippen MR) is 91.4 cm³/mol. The van der Waals surface area contributed by atoms with Crippen LogP contribution in [0, 0.1) is 12.3 Å². The number of ketones is 2. The maximum absolute atomic E-state index is 13.1. The van der Waals surface area contributed by atoms with Gasteiger partial charge in [-0.1, -0.05) is 67.1 Å². The van der Waals surface area contributed by atoms with Crippen molar-refractivity contribution >= 4 is 11.6 Å². The molecule has 0 spiro atoms. The molecule has 1 saturated carbocycles. The molecule has 0 heterocycles. The normalized spacial score (nSPS) is 24.2. The molecule has 2 heteroatoms. The van der Waals surface area contributed by atoms with Crippen molar-refractivity contribution in [1.82, 2.24) is 0 Å². The van der Waals surface area contributed by atoms with Crippen LogP contribution in [0.2, 0.25) is 0 Å². The van der Waals surface area contributed by atoms with E-state index in [1.165, 1.54) is 5.56 Å². The topological polar surface area (TPSA) is 34.1 Å². The van der Waals surface area contributed by atoms with Gasteiger partial charge in [0.25, 0.3) is 0 Å². The van der Waals surface area contributed by atoms with Crippen molar-refractivity contribution in [3.63, 3.8) is 0 Å². The van der Waals surface area contributed by atoms with Crippen LogP contribution in [0.4, 0.5) is 0 Å². The molecule has 0 N–H and O–H groups in total. The van der Waals surface area contributed by atoms with Crippen molar-refractivity contribution in [3.05, 3.63) is 71.3 Å². The van der Waals surface area contributed by atoms with E-state index in [4.69, 9.17) is 0 Å². The molecule has 0 bridgehead atoms. The van der Waals surface area contributed by atoms with Crippen LogP contribution in [0.1, 0.15) is 42.4 Å². The van der Waals surface area contributed by atoms with Crippen LogP contribution in [-0.4, -0.2) is 11.6 Å². The summed E-state index contributed by atoms with van der Waals surface area (Å²) in [6.45, 7) is 3.99. The molecule has 0 radical (unpaired) electrons. The fourth-order valence-corrected chi connectivity index (χ4v) is 3.64. The maximum atomic E-state index is 13.1. The van der Waals surface area contributed by atoms with E-state index in [0.29, 0.717) is 19.3 Å². The molecule has 0 saturated heterocycles. The van der Waals surface area contributed by atoms with Gasteiger partial charge in [0.05, 0.1) is 11.3 Å². The molecule has 3 rings (SSSR count). The summed E-state index contributed by atoms with van der Waals surface area (Å²) in [6, 6.07) is 17.8. The Bertz CT molecular complexity index is 715. The molecule has 1 aliphatic rings. The summed E-state index contributed by atoms with van der Waals surface area (Å²) in [5.74, 6) is -0.0923. The first-order valence-electron chi connectivity index (χ1n) is 8.25. The SMILES string of the molecule is CC[C@]1(Cc2ccc(C)cc2)C(=O)C[C@H](c2ccccc2)C1=O. The zero-order valence-corrected chi connectivity index (χ0v) is 13.7. The van der Waals surface area contributed by atoms with Gasteiger partial charge in [-0.15, -0.1) is 0 Å². The van der Waals surface area contributed by atoms with Crippen molar-refractivity contribution in [1.29, 1.82) is 0 Å². The highest BCUT2D eigenvalue weighted by Gasteiger charge is 2.53. The first-order chi connectivity index (χ1) is 11.1. The number of carbonyl (C=O) groups is 2. The van der Waals surface area contributed by atoms with Crippen molar-refractivity contribution in [2.75, 3.05) is 0 Å². The summed E-state index contributed by atoms with van der Waals surface area (Å²) >= 11 is 0. The van der Waals surface area contributed by atoms with Crippen molar-refractivity contribution in [3.8, 4) is 0 Å². The predicted octanol–water partition coefficient (Wildman–Crippen LogP) is 4.26. The lowest BCUT2D eigenvalue weighted by atomic mass is 9.75. The standard InChI is InChI=1S/C21H22O2/c1-3-21(14-16-11-9-15(2)10-12-16)19(22)13-18(20(21)23)17-7-5-4-6-8-17/h4-12,18H,3,13-14H2,1-2H3/t18-,21+/m1/s1. The molecular weight excluding hydrogens is 284 g/mol. The van der Waals surface area contributed by atoms with Crippen LogP contribution in [0.15, 0.2) is 54.6 Å². The number of rotatable bonds is 4. The molecule has 1 aliphatic carbocycles. The summed E-state index contributed by atoms with van der Waals surface area (Å²) in [6.07, 6.45) is 1.43. The average molecular weight is 306 g/mol. The molecule has 2 aromatic carbocycles. The summed E-state index contributed by atoms with van der Waals surface area (Å²) in [5.41, 5.74) is 2.36. The zero-order valence-electron chi connectivity index (χ0n) is 13.7. The minimum absolute atomic E-state index is 0.0942. The highest BCUT2D eigenvalue weighted by atomic mass is 16.2. The van der Waals surface area contributed by atoms with Crippen LogP contribution in [0.3, 0.4) is 0 Å². The van der Waals surface area contributed by atoms with Gasteiger partial charge in [-0.3, -0.25) is 9.59 Å². The third-order valence-corrected chi connectivity index (χ3v) is 5.14. The summed E-state index contributed by atoms with van der Waals surface area (Å²) in [7, 11) is 0. The minimum atomic E-state index is -0.851. The number of hydrogen-bond acceptors (Lipinski definition) is 2. The smallest absolute Gasteiger partial charge is 0.154 e. The summed E-state index contributed by atoms with van der Waals surface area (Å²) in [4.78, 5) is 25.9. The first kappa shape index (κ1) is 15.7. The third kappa shape index (κ3) is 2.74. The van der Waals surface area contributed by atoms with E-state index in [9.17, 15) is 9.59 Å². The number of aryl methyl sites for hydroxylation is 1. The van der Waals surface area contributed by atoms with E-state index in [2.05, 4.69) is 0 Å². The second-order valence-electron chi connectivity index (χ2n) is 6.55. The van der Waals surface area contributed by atoms with E-state index in [1.807, 2.05) is 68.4 Å². The fourth-order valence-electron chi connectivity index (χ4n) is 3.64. The average Bonchev–Trinajstić information content (AvgIpc) is 2.83. The van der Waals surface area contributed by atoms with E-state index < -0.39 is 5.41 Å². The Kier molecular flexibility index (Phi) is 4.16. The van der Waals surface area contributed by atoms with Gasteiger partial charge in [0.1, 0.15) is 5.78 Å². The van der Waals surface area contributed by atoms with E-state index in [-0.39, 0.29) is 17.5 Å². The van der Waals surface area contributed by atoms with Gasteiger partial charge in [0, 0.05) is 6.42 Å². The Balaban J connectivity index is 1.93. The Morgan fingerprint density at radius 3 is 2.26 bits per heavy atom. The first-order valence-corrected chi connectivity index (χ1v) is 8.25. The van der Waals surface area contributed by atoms with Gasteiger partial charge < -0.3 is 0 Å². The molecule has 1 fully saturated rings. The molecule has 0 unspecified atom stereocenters. The Labute approximate surface area is 137 Å². The van der Waals surface area contributed by atoms with Gasteiger partial charge in [-0.2, -0.15) is 0 Å². The lowest BCUT2D eigenvalue weighted by Crippen LogP contribution is -2.35. The van der Waals surface area contributed by atoms with Gasteiger partial charge in [-0.25, -0.2) is 0 Å². The Morgan fingerprint density at radius 1 is 1.00 bits per heavy atom. The van der Waals surface area contributed by atoms with Crippen LogP contribution < -0.4 is 0 Å². The molecule has 2 aromatic rings. The van der Waals surface area contributed by atoms with Gasteiger partial charge >= 0.3 is 0 Å². The molecule has 0 aromatic heterocycles. The van der Waals surface area contributed by atoms with Crippen LogP contribution in [-0.2, 0) is 16.0 Å². The molecule has 0 aliphatic heterocycles. The minimum Gasteiger partial charge on any atom is -0.299 e. The molecular formula is C21H22O2. The monoisotopic (exact) mass is 306 g/mol. The third-order valence-electron chi connectivity index (χ3n) is 5.14. The van der Waals surface area contributed by atoms with E-state index in [0.717, 1.165) is 11.1 Å². The van der Waals surface area contributed by atoms with Crippen molar-refractivity contribution < 1.29 is 9.59 Å². The van der Waals surface area contributed by atoms with E-state index in [1.54, 1.807) is 0 Å². The van der Waals surface area contributed by atoms with Gasteiger partial charge in [0.2, 0.25) is 0 Å². The molecule has 23 heavy (non-hydrogen) atoms. The second kappa shape index (κ2) is 6.11.